The van der Waals surface area contributed by atoms with Gasteiger partial charge in [0.05, 0.1) is 35.3 Å². The van der Waals surface area contributed by atoms with Crippen LogP contribution in [0.2, 0.25) is 0 Å². The van der Waals surface area contributed by atoms with Gasteiger partial charge in [-0.25, -0.2) is 0 Å². The van der Waals surface area contributed by atoms with Crippen molar-refractivity contribution in [3.8, 4) is 33.9 Å². The number of ether oxygens (including phenoxy) is 2. The fourth-order valence-electron chi connectivity index (χ4n) is 3.98. The molecule has 0 aliphatic rings. The molecule has 0 unspecified atom stereocenters. The Balaban J connectivity index is 2.26. The Morgan fingerprint density at radius 2 is 1.47 bits per heavy atom. The minimum absolute atomic E-state index is 0.683. The molecule has 152 valence electrons. The summed E-state index contributed by atoms with van der Waals surface area (Å²) in [6.45, 7) is 6.92. The molecule has 0 bridgehead atoms. The van der Waals surface area contributed by atoms with Crippen molar-refractivity contribution in [2.24, 2.45) is 0 Å². The van der Waals surface area contributed by atoms with Gasteiger partial charge in [-0.2, -0.15) is 0 Å². The Labute approximate surface area is 185 Å². The summed E-state index contributed by atoms with van der Waals surface area (Å²) in [5.41, 5.74) is 6.65. The first-order valence-electron chi connectivity index (χ1n) is 9.78. The van der Waals surface area contributed by atoms with Crippen molar-refractivity contribution in [3.05, 3.63) is 83.4 Å². The summed E-state index contributed by atoms with van der Waals surface area (Å²) in [5, 5.41) is 1.05. The molecule has 3 nitrogen and oxygen atoms in total. The molecule has 0 radical (unpaired) electrons. The van der Waals surface area contributed by atoms with E-state index < -0.39 is 0 Å². The molecule has 1 aromatic heterocycles. The Kier molecular flexibility index (Phi) is 5.69. The monoisotopic (exact) mass is 461 g/mol. The van der Waals surface area contributed by atoms with Crippen molar-refractivity contribution in [3.63, 3.8) is 0 Å². The summed E-state index contributed by atoms with van der Waals surface area (Å²) in [6.07, 6.45) is 0. The second-order valence-corrected chi connectivity index (χ2v) is 8.11. The summed E-state index contributed by atoms with van der Waals surface area (Å²) >= 11 is 3.81. The van der Waals surface area contributed by atoms with Gasteiger partial charge in [0.1, 0.15) is 11.5 Å². The van der Waals surface area contributed by atoms with Crippen LogP contribution in [0.4, 0.5) is 0 Å². The number of rotatable bonds is 6. The summed E-state index contributed by atoms with van der Waals surface area (Å²) in [7, 11) is 3.38. The summed E-state index contributed by atoms with van der Waals surface area (Å²) in [4.78, 5) is 0. The van der Waals surface area contributed by atoms with Gasteiger partial charge in [0.25, 0.3) is 0 Å². The molecule has 0 N–H and O–H groups in total. The van der Waals surface area contributed by atoms with E-state index in [1.165, 1.54) is 0 Å². The van der Waals surface area contributed by atoms with E-state index in [0.29, 0.717) is 6.54 Å². The third-order valence-electron chi connectivity index (χ3n) is 5.17. The number of hydrogen-bond donors (Lipinski definition) is 0. The highest BCUT2D eigenvalue weighted by molar-refractivity contribution is 9.10. The SMILES string of the molecule is C=C(C)Cn1c(-c2ccccc2)c(-c2ccccc2)c2c(OC)cc(OC)c(Br)c21. The Morgan fingerprint density at radius 3 is 2.00 bits per heavy atom. The van der Waals surface area contributed by atoms with Crippen LogP contribution in [-0.4, -0.2) is 18.8 Å². The van der Waals surface area contributed by atoms with Crippen LogP contribution >= 0.6 is 15.9 Å². The standard InChI is InChI=1S/C26H24BrNO2/c1-17(2)16-28-25(19-13-9-6-10-14-19)22(18-11-7-5-8-12-18)23-20(29-3)15-21(30-4)24(27)26(23)28/h5-15H,1,16H2,2-4H3. The molecule has 4 aromatic rings. The number of halogens is 1. The summed E-state index contributed by atoms with van der Waals surface area (Å²) < 4.78 is 14.7. The Hall–Kier alpha value is -2.98. The van der Waals surface area contributed by atoms with Crippen molar-refractivity contribution in [2.45, 2.75) is 13.5 Å². The van der Waals surface area contributed by atoms with E-state index in [1.807, 2.05) is 25.1 Å². The fraction of sp³-hybridized carbons (Fsp3) is 0.154. The number of methoxy groups -OCH3 is 2. The van der Waals surface area contributed by atoms with Gasteiger partial charge in [0, 0.05) is 18.2 Å². The highest BCUT2D eigenvalue weighted by Gasteiger charge is 2.26. The normalized spacial score (nSPS) is 10.9. The summed E-state index contributed by atoms with van der Waals surface area (Å²) in [5.74, 6) is 1.51. The van der Waals surface area contributed by atoms with Gasteiger partial charge in [-0.15, -0.1) is 0 Å². The van der Waals surface area contributed by atoms with Gasteiger partial charge in [-0.05, 0) is 34.0 Å². The zero-order valence-corrected chi connectivity index (χ0v) is 19.0. The first kappa shape index (κ1) is 20.3. The van der Waals surface area contributed by atoms with Crippen LogP contribution in [0.5, 0.6) is 11.5 Å². The smallest absolute Gasteiger partial charge is 0.138 e. The lowest BCUT2D eigenvalue weighted by molar-refractivity contribution is 0.396. The quantitative estimate of drug-likeness (QED) is 0.280. The minimum atomic E-state index is 0.683. The zero-order chi connectivity index (χ0) is 21.3. The van der Waals surface area contributed by atoms with E-state index >= 15 is 0 Å². The first-order valence-corrected chi connectivity index (χ1v) is 10.6. The van der Waals surface area contributed by atoms with Gasteiger partial charge in [-0.3, -0.25) is 0 Å². The van der Waals surface area contributed by atoms with Crippen molar-refractivity contribution < 1.29 is 9.47 Å². The molecule has 3 aromatic carbocycles. The number of aromatic nitrogens is 1. The molecule has 0 aliphatic carbocycles. The molecule has 0 saturated carbocycles. The molecule has 0 spiro atoms. The van der Waals surface area contributed by atoms with E-state index in [-0.39, 0.29) is 0 Å². The van der Waals surface area contributed by atoms with E-state index in [0.717, 1.165) is 54.8 Å². The van der Waals surface area contributed by atoms with Crippen LogP contribution in [0, 0.1) is 0 Å². The lowest BCUT2D eigenvalue weighted by Crippen LogP contribution is -2.02. The number of fused-ring (bicyclic) bond motifs is 1. The molecule has 1 heterocycles. The molecule has 0 fully saturated rings. The molecule has 0 saturated heterocycles. The lowest BCUT2D eigenvalue weighted by atomic mass is 9.98. The summed E-state index contributed by atoms with van der Waals surface area (Å²) in [6, 6.07) is 22.9. The van der Waals surface area contributed by atoms with E-state index in [1.54, 1.807) is 14.2 Å². The average molecular weight is 462 g/mol. The van der Waals surface area contributed by atoms with Crippen molar-refractivity contribution in [1.82, 2.24) is 4.57 Å². The number of nitrogens with zero attached hydrogens (tertiary/aromatic N) is 1. The fourth-order valence-corrected chi connectivity index (χ4v) is 4.67. The molecular weight excluding hydrogens is 438 g/mol. The molecule has 30 heavy (non-hydrogen) atoms. The predicted molar refractivity (Wildman–Crippen MR) is 128 cm³/mol. The third-order valence-corrected chi connectivity index (χ3v) is 5.94. The van der Waals surface area contributed by atoms with E-state index in [9.17, 15) is 0 Å². The Bertz CT molecular complexity index is 1210. The lowest BCUT2D eigenvalue weighted by Gasteiger charge is -2.14. The molecular formula is C26H24BrNO2. The van der Waals surface area contributed by atoms with Crippen LogP contribution in [0.25, 0.3) is 33.3 Å². The van der Waals surface area contributed by atoms with Gasteiger partial charge in [0.2, 0.25) is 0 Å². The van der Waals surface area contributed by atoms with Crippen LogP contribution in [0.3, 0.4) is 0 Å². The van der Waals surface area contributed by atoms with Crippen LogP contribution in [-0.2, 0) is 6.54 Å². The largest absolute Gasteiger partial charge is 0.496 e. The minimum Gasteiger partial charge on any atom is -0.496 e. The first-order chi connectivity index (χ1) is 14.6. The second-order valence-electron chi connectivity index (χ2n) is 7.32. The van der Waals surface area contributed by atoms with Gasteiger partial charge in [-0.1, -0.05) is 72.8 Å². The molecule has 0 aliphatic heterocycles. The topological polar surface area (TPSA) is 23.4 Å². The van der Waals surface area contributed by atoms with E-state index in [2.05, 4.69) is 75.6 Å². The highest BCUT2D eigenvalue weighted by Crippen LogP contribution is 2.49. The molecule has 0 atom stereocenters. The Morgan fingerprint density at radius 1 is 0.900 bits per heavy atom. The van der Waals surface area contributed by atoms with Crippen LogP contribution in [0.15, 0.2) is 83.4 Å². The van der Waals surface area contributed by atoms with Crippen molar-refractivity contribution >= 4 is 26.8 Å². The van der Waals surface area contributed by atoms with Crippen LogP contribution in [0.1, 0.15) is 6.92 Å². The van der Waals surface area contributed by atoms with E-state index in [4.69, 9.17) is 9.47 Å². The van der Waals surface area contributed by atoms with Crippen molar-refractivity contribution in [2.75, 3.05) is 14.2 Å². The van der Waals surface area contributed by atoms with Crippen LogP contribution < -0.4 is 9.47 Å². The van der Waals surface area contributed by atoms with Gasteiger partial charge < -0.3 is 14.0 Å². The predicted octanol–water partition coefficient (Wildman–Crippen LogP) is 7.33. The maximum absolute atomic E-state index is 5.86. The third kappa shape index (κ3) is 3.41. The zero-order valence-electron chi connectivity index (χ0n) is 17.4. The molecule has 4 heteroatoms. The number of hydrogen-bond acceptors (Lipinski definition) is 2. The maximum Gasteiger partial charge on any atom is 0.138 e. The highest BCUT2D eigenvalue weighted by atomic mass is 79.9. The average Bonchev–Trinajstić information content (AvgIpc) is 3.10. The van der Waals surface area contributed by atoms with Gasteiger partial charge >= 0.3 is 0 Å². The maximum atomic E-state index is 5.86. The molecule has 0 amide bonds. The second kappa shape index (κ2) is 8.41. The number of allylic oxidation sites excluding steroid dienone is 1. The number of benzene rings is 3. The van der Waals surface area contributed by atoms with Gasteiger partial charge in [0.15, 0.2) is 0 Å². The molecule has 4 rings (SSSR count). The van der Waals surface area contributed by atoms with Crippen molar-refractivity contribution in [1.29, 1.82) is 0 Å².